The van der Waals surface area contributed by atoms with Crippen molar-refractivity contribution in [2.45, 2.75) is 19.4 Å². The molecule has 6 nitrogen and oxygen atoms in total. The molecule has 0 saturated carbocycles. The average molecular weight is 312 g/mol. The fraction of sp³-hybridized carbons (Fsp3) is 0.353. The Balaban J connectivity index is 1.63. The van der Waals surface area contributed by atoms with Gasteiger partial charge >= 0.3 is 0 Å². The quantitative estimate of drug-likeness (QED) is 0.918. The molecular weight excluding hydrogens is 292 g/mol. The number of methoxy groups -OCH3 is 1. The highest BCUT2D eigenvalue weighted by atomic mass is 16.5. The van der Waals surface area contributed by atoms with Crippen molar-refractivity contribution >= 4 is 11.7 Å². The Kier molecular flexibility index (Phi) is 4.71. The highest BCUT2D eigenvalue weighted by molar-refractivity contribution is 5.93. The Morgan fingerprint density at radius 2 is 1.96 bits per heavy atom. The van der Waals surface area contributed by atoms with Gasteiger partial charge in [-0.3, -0.25) is 4.79 Å². The number of ether oxygens (including phenoxy) is 1. The molecule has 1 aromatic carbocycles. The van der Waals surface area contributed by atoms with Gasteiger partial charge in [0.15, 0.2) is 0 Å². The summed E-state index contributed by atoms with van der Waals surface area (Å²) < 4.78 is 5.14. The van der Waals surface area contributed by atoms with Crippen molar-refractivity contribution in [3.8, 4) is 5.75 Å². The summed E-state index contributed by atoms with van der Waals surface area (Å²) >= 11 is 0. The van der Waals surface area contributed by atoms with Gasteiger partial charge in [-0.1, -0.05) is 12.1 Å². The van der Waals surface area contributed by atoms with Crippen LogP contribution in [0.1, 0.15) is 28.9 Å². The van der Waals surface area contributed by atoms with Gasteiger partial charge in [0, 0.05) is 25.7 Å². The number of benzene rings is 1. The Morgan fingerprint density at radius 1 is 1.22 bits per heavy atom. The Labute approximate surface area is 135 Å². The van der Waals surface area contributed by atoms with Crippen LogP contribution in [0.25, 0.3) is 0 Å². The monoisotopic (exact) mass is 312 g/mol. The zero-order valence-corrected chi connectivity index (χ0v) is 13.2. The van der Waals surface area contributed by atoms with Crippen LogP contribution in [0, 0.1) is 0 Å². The maximum atomic E-state index is 12.3. The number of hydrogen-bond donors (Lipinski definition) is 1. The van der Waals surface area contributed by atoms with Crippen LogP contribution in [0.15, 0.2) is 36.7 Å². The SMILES string of the molecule is COc1ccc(CNc2cc(C(=O)N3CCCC3)ncn2)cc1. The molecule has 0 atom stereocenters. The van der Waals surface area contributed by atoms with Gasteiger partial charge in [-0.25, -0.2) is 9.97 Å². The van der Waals surface area contributed by atoms with Crippen LogP contribution in [0.5, 0.6) is 5.75 Å². The second-order valence-corrected chi connectivity index (χ2v) is 5.49. The molecular formula is C17H20N4O2. The van der Waals surface area contributed by atoms with Crippen LogP contribution in [0.3, 0.4) is 0 Å². The highest BCUT2D eigenvalue weighted by Crippen LogP contribution is 2.15. The number of aromatic nitrogens is 2. The lowest BCUT2D eigenvalue weighted by molar-refractivity contribution is 0.0787. The van der Waals surface area contributed by atoms with Crippen molar-refractivity contribution in [2.24, 2.45) is 0 Å². The molecule has 0 aliphatic carbocycles. The van der Waals surface area contributed by atoms with Crippen molar-refractivity contribution in [2.75, 3.05) is 25.5 Å². The molecule has 23 heavy (non-hydrogen) atoms. The number of likely N-dealkylation sites (tertiary alicyclic amines) is 1. The summed E-state index contributed by atoms with van der Waals surface area (Å²) in [5, 5.41) is 3.22. The minimum Gasteiger partial charge on any atom is -0.497 e. The lowest BCUT2D eigenvalue weighted by Crippen LogP contribution is -2.28. The minimum absolute atomic E-state index is 0.0163. The fourth-order valence-electron chi connectivity index (χ4n) is 2.59. The van der Waals surface area contributed by atoms with E-state index in [1.54, 1.807) is 13.2 Å². The van der Waals surface area contributed by atoms with Crippen molar-refractivity contribution < 1.29 is 9.53 Å². The van der Waals surface area contributed by atoms with Gasteiger partial charge in [-0.15, -0.1) is 0 Å². The van der Waals surface area contributed by atoms with Gasteiger partial charge in [0.25, 0.3) is 5.91 Å². The van der Waals surface area contributed by atoms with E-state index in [0.29, 0.717) is 18.1 Å². The van der Waals surface area contributed by atoms with Gasteiger partial charge in [0.05, 0.1) is 7.11 Å². The Morgan fingerprint density at radius 3 is 2.65 bits per heavy atom. The number of carbonyl (C=O) groups is 1. The van der Waals surface area contributed by atoms with E-state index in [0.717, 1.165) is 37.2 Å². The van der Waals surface area contributed by atoms with Crippen molar-refractivity contribution in [1.29, 1.82) is 0 Å². The number of anilines is 1. The highest BCUT2D eigenvalue weighted by Gasteiger charge is 2.20. The first-order valence-corrected chi connectivity index (χ1v) is 7.74. The summed E-state index contributed by atoms with van der Waals surface area (Å²) in [7, 11) is 1.65. The number of rotatable bonds is 5. The van der Waals surface area contributed by atoms with Gasteiger partial charge in [-0.05, 0) is 30.5 Å². The molecule has 1 fully saturated rings. The molecule has 120 valence electrons. The molecule has 1 saturated heterocycles. The first-order valence-electron chi connectivity index (χ1n) is 7.74. The van der Waals surface area contributed by atoms with E-state index in [2.05, 4.69) is 15.3 Å². The Bertz CT molecular complexity index is 667. The lowest BCUT2D eigenvalue weighted by atomic mass is 10.2. The molecule has 3 rings (SSSR count). The molecule has 6 heteroatoms. The van der Waals surface area contributed by atoms with Gasteiger partial charge in [-0.2, -0.15) is 0 Å². The number of nitrogens with zero attached hydrogens (tertiary/aromatic N) is 3. The zero-order chi connectivity index (χ0) is 16.1. The maximum Gasteiger partial charge on any atom is 0.272 e. The first-order chi connectivity index (χ1) is 11.3. The number of amides is 1. The maximum absolute atomic E-state index is 12.3. The molecule has 0 spiro atoms. The topological polar surface area (TPSA) is 67.3 Å². The lowest BCUT2D eigenvalue weighted by Gasteiger charge is -2.14. The van der Waals surface area contributed by atoms with Crippen LogP contribution < -0.4 is 10.1 Å². The largest absolute Gasteiger partial charge is 0.497 e. The van der Waals surface area contributed by atoms with Crippen molar-refractivity contribution in [1.82, 2.24) is 14.9 Å². The molecule has 0 radical (unpaired) electrons. The van der Waals surface area contributed by atoms with Crippen LogP contribution >= 0.6 is 0 Å². The second-order valence-electron chi connectivity index (χ2n) is 5.49. The van der Waals surface area contributed by atoms with Gasteiger partial charge < -0.3 is 15.0 Å². The summed E-state index contributed by atoms with van der Waals surface area (Å²) in [6.07, 6.45) is 3.57. The molecule has 2 aromatic rings. The molecule has 1 amide bonds. The molecule has 1 N–H and O–H groups in total. The van der Waals surface area contributed by atoms with E-state index in [-0.39, 0.29) is 5.91 Å². The van der Waals surface area contributed by atoms with E-state index in [9.17, 15) is 4.79 Å². The van der Waals surface area contributed by atoms with Gasteiger partial charge in [0.2, 0.25) is 0 Å². The van der Waals surface area contributed by atoms with E-state index in [4.69, 9.17) is 4.74 Å². The summed E-state index contributed by atoms with van der Waals surface area (Å²) in [6.45, 7) is 2.26. The molecule has 1 aromatic heterocycles. The predicted molar refractivity (Wildman–Crippen MR) is 87.5 cm³/mol. The number of hydrogen-bond acceptors (Lipinski definition) is 5. The third-order valence-corrected chi connectivity index (χ3v) is 3.91. The molecule has 1 aliphatic rings. The summed E-state index contributed by atoms with van der Waals surface area (Å²) in [5.41, 5.74) is 1.55. The standard InChI is InChI=1S/C17H20N4O2/c1-23-14-6-4-13(5-7-14)11-18-16-10-15(19-12-20-16)17(22)21-8-2-3-9-21/h4-7,10,12H,2-3,8-9,11H2,1H3,(H,18,19,20). The number of nitrogens with one attached hydrogen (secondary N) is 1. The predicted octanol–water partition coefficient (Wildman–Crippen LogP) is 2.33. The fourth-order valence-corrected chi connectivity index (χ4v) is 2.59. The smallest absolute Gasteiger partial charge is 0.272 e. The summed E-state index contributed by atoms with van der Waals surface area (Å²) in [6, 6.07) is 9.52. The average Bonchev–Trinajstić information content (AvgIpc) is 3.14. The van der Waals surface area contributed by atoms with Crippen LogP contribution in [0.2, 0.25) is 0 Å². The Hall–Kier alpha value is -2.63. The normalized spacial score (nSPS) is 13.9. The van der Waals surface area contributed by atoms with Crippen LogP contribution in [-0.4, -0.2) is 41.0 Å². The van der Waals surface area contributed by atoms with Gasteiger partial charge in [0.1, 0.15) is 23.6 Å². The zero-order valence-electron chi connectivity index (χ0n) is 13.2. The first kappa shape index (κ1) is 15.3. The van der Waals surface area contributed by atoms with Crippen LogP contribution in [-0.2, 0) is 6.54 Å². The summed E-state index contributed by atoms with van der Waals surface area (Å²) in [4.78, 5) is 22.5. The molecule has 0 bridgehead atoms. The van der Waals surface area contributed by atoms with Crippen molar-refractivity contribution in [3.05, 3.63) is 47.9 Å². The third kappa shape index (κ3) is 3.77. The summed E-state index contributed by atoms with van der Waals surface area (Å²) in [5.74, 6) is 1.46. The second kappa shape index (κ2) is 7.09. The van der Waals surface area contributed by atoms with E-state index in [1.807, 2.05) is 29.2 Å². The molecule has 0 unspecified atom stereocenters. The van der Waals surface area contributed by atoms with Crippen LogP contribution in [0.4, 0.5) is 5.82 Å². The number of carbonyl (C=O) groups excluding carboxylic acids is 1. The molecule has 2 heterocycles. The van der Waals surface area contributed by atoms with E-state index in [1.165, 1.54) is 6.33 Å². The van der Waals surface area contributed by atoms with Crippen molar-refractivity contribution in [3.63, 3.8) is 0 Å². The third-order valence-electron chi connectivity index (χ3n) is 3.91. The van der Waals surface area contributed by atoms with E-state index >= 15 is 0 Å². The molecule has 1 aliphatic heterocycles. The van der Waals surface area contributed by atoms with E-state index < -0.39 is 0 Å². The minimum atomic E-state index is -0.0163.